The van der Waals surface area contributed by atoms with Crippen molar-refractivity contribution in [3.05, 3.63) is 35.4 Å². The Kier molecular flexibility index (Phi) is 4.91. The first kappa shape index (κ1) is 15.9. The first-order chi connectivity index (χ1) is 11.2. The maximum atomic E-state index is 4.67. The van der Waals surface area contributed by atoms with Gasteiger partial charge in [-0.2, -0.15) is 5.10 Å². The van der Waals surface area contributed by atoms with Crippen molar-refractivity contribution in [1.82, 2.24) is 24.6 Å². The highest BCUT2D eigenvalue weighted by Crippen LogP contribution is 2.31. The molecule has 0 spiro atoms. The topological polar surface area (TPSA) is 58.9 Å². The van der Waals surface area contributed by atoms with Gasteiger partial charge in [0.2, 0.25) is 5.95 Å². The minimum atomic E-state index is 0.364. The molecule has 3 heterocycles. The number of nitrogens with one attached hydrogen (secondary N) is 1. The number of aromatic nitrogens is 4. The van der Waals surface area contributed by atoms with Gasteiger partial charge in [-0.1, -0.05) is 6.42 Å². The third-order valence-electron chi connectivity index (χ3n) is 4.60. The summed E-state index contributed by atoms with van der Waals surface area (Å²) in [5.41, 5.74) is 3.57. The van der Waals surface area contributed by atoms with Gasteiger partial charge in [-0.05, 0) is 39.3 Å². The predicted octanol–water partition coefficient (Wildman–Crippen LogP) is 2.77. The van der Waals surface area contributed by atoms with Gasteiger partial charge in [0.15, 0.2) is 0 Å². The Morgan fingerprint density at radius 2 is 2.22 bits per heavy atom. The molecule has 23 heavy (non-hydrogen) atoms. The van der Waals surface area contributed by atoms with Crippen molar-refractivity contribution in [2.75, 3.05) is 18.9 Å². The number of piperidine rings is 1. The van der Waals surface area contributed by atoms with Crippen molar-refractivity contribution in [2.24, 2.45) is 0 Å². The number of likely N-dealkylation sites (tertiary alicyclic amines) is 1. The number of rotatable bonds is 5. The van der Waals surface area contributed by atoms with Crippen molar-refractivity contribution in [3.63, 3.8) is 0 Å². The summed E-state index contributed by atoms with van der Waals surface area (Å²) in [4.78, 5) is 11.4. The molecule has 0 aromatic carbocycles. The molecule has 2 aromatic rings. The van der Waals surface area contributed by atoms with Crippen LogP contribution >= 0.6 is 0 Å². The van der Waals surface area contributed by atoms with Gasteiger partial charge in [-0.15, -0.1) is 0 Å². The van der Waals surface area contributed by atoms with Crippen LogP contribution in [0.1, 0.15) is 49.2 Å². The average Bonchev–Trinajstić information content (AvgIpc) is 2.95. The lowest BCUT2D eigenvalue weighted by Crippen LogP contribution is -2.33. The van der Waals surface area contributed by atoms with Gasteiger partial charge < -0.3 is 5.32 Å². The summed E-state index contributed by atoms with van der Waals surface area (Å²) >= 11 is 0. The van der Waals surface area contributed by atoms with Crippen LogP contribution < -0.4 is 5.32 Å². The maximum Gasteiger partial charge on any atom is 0.222 e. The molecule has 1 aliphatic heterocycles. The lowest BCUT2D eigenvalue weighted by molar-refractivity contribution is 0.137. The molecule has 1 atom stereocenters. The van der Waals surface area contributed by atoms with Gasteiger partial charge in [0.1, 0.15) is 0 Å². The second kappa shape index (κ2) is 7.08. The standard InChI is InChI=1S/C17H26N6/c1-4-23-12-14(13(2)21-23)11-22-10-6-5-7-16(22)15-8-9-19-17(18-3)20-15/h8-9,12,16H,4-7,10-11H2,1-3H3,(H,18,19,20)/t16-/m0/s1. The van der Waals surface area contributed by atoms with Crippen molar-refractivity contribution >= 4 is 5.95 Å². The van der Waals surface area contributed by atoms with Crippen LogP contribution in [0.4, 0.5) is 5.95 Å². The monoisotopic (exact) mass is 314 g/mol. The molecular formula is C17H26N6. The molecule has 1 saturated heterocycles. The van der Waals surface area contributed by atoms with Crippen LogP contribution in [0.15, 0.2) is 18.5 Å². The second-order valence-electron chi connectivity index (χ2n) is 6.13. The summed E-state index contributed by atoms with van der Waals surface area (Å²) in [6.45, 7) is 7.20. The zero-order valence-electron chi connectivity index (χ0n) is 14.3. The quantitative estimate of drug-likeness (QED) is 0.919. The number of nitrogens with zero attached hydrogens (tertiary/aromatic N) is 5. The molecular weight excluding hydrogens is 288 g/mol. The summed E-state index contributed by atoms with van der Waals surface area (Å²) in [5.74, 6) is 0.697. The molecule has 124 valence electrons. The fourth-order valence-electron chi connectivity index (χ4n) is 3.29. The summed E-state index contributed by atoms with van der Waals surface area (Å²) in [6.07, 6.45) is 7.69. The van der Waals surface area contributed by atoms with E-state index in [9.17, 15) is 0 Å². The number of hydrogen-bond donors (Lipinski definition) is 1. The molecule has 1 aliphatic rings. The molecule has 3 rings (SSSR count). The van der Waals surface area contributed by atoms with Crippen molar-refractivity contribution in [1.29, 1.82) is 0 Å². The van der Waals surface area contributed by atoms with Crippen molar-refractivity contribution < 1.29 is 0 Å². The van der Waals surface area contributed by atoms with E-state index < -0.39 is 0 Å². The van der Waals surface area contributed by atoms with Crippen molar-refractivity contribution in [2.45, 2.75) is 52.2 Å². The fourth-order valence-corrected chi connectivity index (χ4v) is 3.29. The Bertz CT molecular complexity index is 650. The van der Waals surface area contributed by atoms with E-state index in [0.29, 0.717) is 12.0 Å². The lowest BCUT2D eigenvalue weighted by Gasteiger charge is -2.35. The van der Waals surface area contributed by atoms with E-state index in [1.165, 1.54) is 18.4 Å². The fraction of sp³-hybridized carbons (Fsp3) is 0.588. The smallest absolute Gasteiger partial charge is 0.222 e. The Labute approximate surface area is 137 Å². The van der Waals surface area contributed by atoms with E-state index in [2.05, 4.69) is 45.3 Å². The molecule has 0 aliphatic carbocycles. The largest absolute Gasteiger partial charge is 0.357 e. The van der Waals surface area contributed by atoms with Gasteiger partial charge in [-0.25, -0.2) is 9.97 Å². The molecule has 0 saturated carbocycles. The zero-order chi connectivity index (χ0) is 16.2. The summed E-state index contributed by atoms with van der Waals surface area (Å²) in [6, 6.07) is 2.41. The van der Waals surface area contributed by atoms with Crippen molar-refractivity contribution in [3.8, 4) is 0 Å². The zero-order valence-corrected chi connectivity index (χ0v) is 14.3. The summed E-state index contributed by atoms with van der Waals surface area (Å²) in [5, 5.41) is 7.61. The molecule has 6 nitrogen and oxygen atoms in total. The second-order valence-corrected chi connectivity index (χ2v) is 6.13. The normalized spacial score (nSPS) is 19.0. The number of aryl methyl sites for hydroxylation is 2. The van der Waals surface area contributed by atoms with Gasteiger partial charge in [-0.3, -0.25) is 9.58 Å². The lowest BCUT2D eigenvalue weighted by atomic mass is 9.98. The molecule has 0 radical (unpaired) electrons. The first-order valence-electron chi connectivity index (χ1n) is 8.49. The van der Waals surface area contributed by atoms with E-state index in [0.717, 1.165) is 37.4 Å². The van der Waals surface area contributed by atoms with Crippen LogP contribution in [0.2, 0.25) is 0 Å². The summed E-state index contributed by atoms with van der Waals surface area (Å²) < 4.78 is 2.02. The average molecular weight is 314 g/mol. The van der Waals surface area contributed by atoms with Crippen LogP contribution in [0.5, 0.6) is 0 Å². The van der Waals surface area contributed by atoms with E-state index in [-0.39, 0.29) is 0 Å². The molecule has 6 heteroatoms. The van der Waals surface area contributed by atoms with Crippen LogP contribution in [0.25, 0.3) is 0 Å². The van der Waals surface area contributed by atoms with E-state index in [1.807, 2.05) is 24.0 Å². The van der Waals surface area contributed by atoms with Crippen LogP contribution in [0, 0.1) is 6.92 Å². The van der Waals surface area contributed by atoms with Gasteiger partial charge in [0.25, 0.3) is 0 Å². The SMILES string of the molecule is CCn1cc(CN2CCCC[C@H]2c2ccnc(NC)n2)c(C)n1. The highest BCUT2D eigenvalue weighted by Gasteiger charge is 2.26. The van der Waals surface area contributed by atoms with E-state index >= 15 is 0 Å². The van der Waals surface area contributed by atoms with Gasteiger partial charge >= 0.3 is 0 Å². The minimum Gasteiger partial charge on any atom is -0.357 e. The van der Waals surface area contributed by atoms with Crippen LogP contribution in [0.3, 0.4) is 0 Å². The molecule has 2 aromatic heterocycles. The number of anilines is 1. The minimum absolute atomic E-state index is 0.364. The highest BCUT2D eigenvalue weighted by atomic mass is 15.3. The maximum absolute atomic E-state index is 4.67. The molecule has 1 fully saturated rings. The Hall–Kier alpha value is -1.95. The number of hydrogen-bond acceptors (Lipinski definition) is 5. The van der Waals surface area contributed by atoms with Gasteiger partial charge in [0, 0.05) is 38.1 Å². The van der Waals surface area contributed by atoms with E-state index in [1.54, 1.807) is 0 Å². The Balaban J connectivity index is 1.81. The molecule has 0 unspecified atom stereocenters. The molecule has 1 N–H and O–H groups in total. The summed E-state index contributed by atoms with van der Waals surface area (Å²) in [7, 11) is 1.86. The van der Waals surface area contributed by atoms with Crippen LogP contribution in [-0.2, 0) is 13.1 Å². The van der Waals surface area contributed by atoms with Crippen LogP contribution in [-0.4, -0.2) is 38.2 Å². The Morgan fingerprint density at radius 1 is 1.35 bits per heavy atom. The van der Waals surface area contributed by atoms with Gasteiger partial charge in [0.05, 0.1) is 17.4 Å². The first-order valence-corrected chi connectivity index (χ1v) is 8.49. The third kappa shape index (κ3) is 3.52. The third-order valence-corrected chi connectivity index (χ3v) is 4.60. The molecule has 0 amide bonds. The van der Waals surface area contributed by atoms with E-state index in [4.69, 9.17) is 0 Å². The Morgan fingerprint density at radius 3 is 2.96 bits per heavy atom. The highest BCUT2D eigenvalue weighted by molar-refractivity contribution is 5.25. The predicted molar refractivity (Wildman–Crippen MR) is 91.2 cm³/mol. The molecule has 0 bridgehead atoms.